The van der Waals surface area contributed by atoms with Crippen LogP contribution in [0.2, 0.25) is 0 Å². The molecule has 5 heteroatoms. The van der Waals surface area contributed by atoms with Crippen LogP contribution in [0.3, 0.4) is 0 Å². The summed E-state index contributed by atoms with van der Waals surface area (Å²) in [5.74, 6) is 0. The number of aromatic nitrogens is 1. The van der Waals surface area contributed by atoms with E-state index in [2.05, 4.69) is 25.9 Å². The van der Waals surface area contributed by atoms with Crippen LogP contribution in [0.5, 0.6) is 0 Å². The molecule has 1 aromatic rings. The first-order valence-corrected chi connectivity index (χ1v) is 4.67. The molecule has 0 fully saturated rings. The number of nitrogens with zero attached hydrogens (tertiary/aromatic N) is 3. The van der Waals surface area contributed by atoms with Crippen LogP contribution in [0.1, 0.15) is 0 Å². The molecule has 0 saturated heterocycles. The lowest BCUT2D eigenvalue weighted by molar-refractivity contribution is 0.643. The summed E-state index contributed by atoms with van der Waals surface area (Å²) in [4.78, 5) is 10.1. The van der Waals surface area contributed by atoms with E-state index in [1.54, 1.807) is 6.34 Å². The topological polar surface area (TPSA) is 28.5 Å². The van der Waals surface area contributed by atoms with Crippen molar-refractivity contribution in [1.82, 2.24) is 9.88 Å². The minimum atomic E-state index is 0.769. The number of hydrogen-bond acceptors (Lipinski definition) is 3. The van der Waals surface area contributed by atoms with Crippen molar-refractivity contribution in [3.8, 4) is 0 Å². The Kier molecular flexibility index (Phi) is 3.02. The smallest absolute Gasteiger partial charge is 0.211 e. The summed E-state index contributed by atoms with van der Waals surface area (Å²) >= 11 is 4.76. The normalized spacial score (nSPS) is 10.8. The maximum Gasteiger partial charge on any atom is 0.211 e. The summed E-state index contributed by atoms with van der Waals surface area (Å²) in [5.41, 5.74) is 0. The number of aliphatic imine (C=N–C) groups is 1. The van der Waals surface area contributed by atoms with Gasteiger partial charge in [-0.3, -0.25) is 0 Å². The highest BCUT2D eigenvalue weighted by atomic mass is 79.9. The van der Waals surface area contributed by atoms with E-state index >= 15 is 0 Å². The minimum absolute atomic E-state index is 0.769. The lowest BCUT2D eigenvalue weighted by atomic mass is 10.9. The Labute approximate surface area is 77.9 Å². The van der Waals surface area contributed by atoms with Gasteiger partial charge in [-0.1, -0.05) is 0 Å². The van der Waals surface area contributed by atoms with E-state index in [4.69, 9.17) is 0 Å². The molecule has 0 radical (unpaired) electrons. The van der Waals surface area contributed by atoms with Crippen molar-refractivity contribution in [3.63, 3.8) is 0 Å². The fourth-order valence-corrected chi connectivity index (χ4v) is 1.55. The Hall–Kier alpha value is -0.420. The zero-order chi connectivity index (χ0) is 8.27. The van der Waals surface area contributed by atoms with E-state index in [1.165, 1.54) is 11.3 Å². The molecular weight excluding hydrogens is 226 g/mol. The predicted octanol–water partition coefficient (Wildman–Crippen LogP) is 2.13. The molecule has 11 heavy (non-hydrogen) atoms. The molecule has 1 aromatic heterocycles. The van der Waals surface area contributed by atoms with Crippen LogP contribution >= 0.6 is 27.3 Å². The first kappa shape index (κ1) is 8.67. The molecule has 0 unspecified atom stereocenters. The second kappa shape index (κ2) is 3.82. The number of rotatable bonds is 2. The second-order valence-electron chi connectivity index (χ2n) is 2.16. The van der Waals surface area contributed by atoms with Crippen LogP contribution in [0.15, 0.2) is 15.0 Å². The van der Waals surface area contributed by atoms with Crippen molar-refractivity contribution in [2.24, 2.45) is 4.99 Å². The third-order valence-corrected chi connectivity index (χ3v) is 2.32. The monoisotopic (exact) mass is 233 g/mol. The summed E-state index contributed by atoms with van der Waals surface area (Å²) in [5, 5.41) is 2.67. The van der Waals surface area contributed by atoms with Gasteiger partial charge in [0.1, 0.15) is 4.60 Å². The number of halogens is 1. The summed E-state index contributed by atoms with van der Waals surface area (Å²) in [6, 6.07) is 0. The molecule has 0 aliphatic heterocycles. The molecule has 0 amide bonds. The van der Waals surface area contributed by atoms with Gasteiger partial charge in [-0.15, -0.1) is 11.3 Å². The van der Waals surface area contributed by atoms with Crippen LogP contribution in [0, 0.1) is 0 Å². The molecule has 0 N–H and O–H groups in total. The number of hydrogen-bond donors (Lipinski definition) is 0. The van der Waals surface area contributed by atoms with Gasteiger partial charge in [0.05, 0.1) is 6.34 Å². The first-order valence-electron chi connectivity index (χ1n) is 3.00. The molecule has 1 heterocycles. The SMILES string of the molecule is CN(C)C=Nc1nc(Br)cs1. The van der Waals surface area contributed by atoms with Crippen molar-refractivity contribution in [1.29, 1.82) is 0 Å². The van der Waals surface area contributed by atoms with Crippen LogP contribution in [-0.2, 0) is 0 Å². The minimum Gasteiger partial charge on any atom is -0.369 e. The maximum absolute atomic E-state index is 4.10. The van der Waals surface area contributed by atoms with Gasteiger partial charge < -0.3 is 4.90 Å². The lowest BCUT2D eigenvalue weighted by Gasteiger charge is -1.99. The molecule has 60 valence electrons. The van der Waals surface area contributed by atoms with Gasteiger partial charge in [0.2, 0.25) is 5.13 Å². The van der Waals surface area contributed by atoms with Gasteiger partial charge in [0, 0.05) is 19.5 Å². The van der Waals surface area contributed by atoms with E-state index in [9.17, 15) is 0 Å². The Morgan fingerprint density at radius 1 is 1.73 bits per heavy atom. The van der Waals surface area contributed by atoms with Gasteiger partial charge >= 0.3 is 0 Å². The Morgan fingerprint density at radius 2 is 2.45 bits per heavy atom. The summed E-state index contributed by atoms with van der Waals surface area (Å²) in [6.45, 7) is 0. The molecular formula is C6H8BrN3S. The van der Waals surface area contributed by atoms with Gasteiger partial charge in [0.15, 0.2) is 0 Å². The Balaban J connectivity index is 2.64. The molecule has 0 bridgehead atoms. The van der Waals surface area contributed by atoms with E-state index in [1.807, 2.05) is 24.4 Å². The standard InChI is InChI=1S/C6H8BrN3S/c1-10(2)4-8-6-9-5(7)3-11-6/h3-4H,1-2H3. The fraction of sp³-hybridized carbons (Fsp3) is 0.333. The van der Waals surface area contributed by atoms with Crippen molar-refractivity contribution in [3.05, 3.63) is 9.98 Å². The summed E-state index contributed by atoms with van der Waals surface area (Å²) in [7, 11) is 3.85. The molecule has 1 rings (SSSR count). The molecule has 0 atom stereocenters. The highest BCUT2D eigenvalue weighted by Gasteiger charge is 1.94. The second-order valence-corrected chi connectivity index (χ2v) is 3.81. The fourth-order valence-electron chi connectivity index (χ4n) is 0.470. The van der Waals surface area contributed by atoms with E-state index in [0.29, 0.717) is 0 Å². The van der Waals surface area contributed by atoms with Crippen LogP contribution in [0.25, 0.3) is 0 Å². The summed E-state index contributed by atoms with van der Waals surface area (Å²) < 4.78 is 0.841. The van der Waals surface area contributed by atoms with Gasteiger partial charge in [-0.2, -0.15) is 0 Å². The van der Waals surface area contributed by atoms with Crippen LogP contribution in [0.4, 0.5) is 5.13 Å². The Morgan fingerprint density at radius 3 is 2.91 bits per heavy atom. The zero-order valence-electron chi connectivity index (χ0n) is 6.28. The molecule has 0 aromatic carbocycles. The molecule has 0 aliphatic rings. The third kappa shape index (κ3) is 2.98. The predicted molar refractivity (Wildman–Crippen MR) is 51.7 cm³/mol. The largest absolute Gasteiger partial charge is 0.369 e. The quantitative estimate of drug-likeness (QED) is 0.579. The van der Waals surface area contributed by atoms with Crippen LogP contribution < -0.4 is 0 Å². The van der Waals surface area contributed by atoms with Gasteiger partial charge in [-0.05, 0) is 15.9 Å². The van der Waals surface area contributed by atoms with Crippen molar-refractivity contribution in [2.75, 3.05) is 14.1 Å². The highest BCUT2D eigenvalue weighted by molar-refractivity contribution is 9.10. The molecule has 3 nitrogen and oxygen atoms in total. The zero-order valence-corrected chi connectivity index (χ0v) is 8.69. The van der Waals surface area contributed by atoms with E-state index < -0.39 is 0 Å². The van der Waals surface area contributed by atoms with Gasteiger partial charge in [0.25, 0.3) is 0 Å². The molecule has 0 aliphatic carbocycles. The highest BCUT2D eigenvalue weighted by Crippen LogP contribution is 2.21. The van der Waals surface area contributed by atoms with Crippen molar-refractivity contribution >= 4 is 38.7 Å². The van der Waals surface area contributed by atoms with Crippen molar-refractivity contribution in [2.45, 2.75) is 0 Å². The molecule has 0 saturated carbocycles. The van der Waals surface area contributed by atoms with Crippen LogP contribution in [-0.4, -0.2) is 30.3 Å². The summed E-state index contributed by atoms with van der Waals surface area (Å²) in [6.07, 6.45) is 1.73. The Bertz CT molecular complexity index is 256. The third-order valence-electron chi connectivity index (χ3n) is 0.863. The van der Waals surface area contributed by atoms with Crippen molar-refractivity contribution < 1.29 is 0 Å². The first-order chi connectivity index (χ1) is 5.18. The average Bonchev–Trinajstić information content (AvgIpc) is 2.31. The lowest BCUT2D eigenvalue weighted by Crippen LogP contribution is -2.06. The maximum atomic E-state index is 4.10. The van der Waals surface area contributed by atoms with E-state index in [-0.39, 0.29) is 0 Å². The van der Waals surface area contributed by atoms with E-state index in [0.717, 1.165) is 9.73 Å². The average molecular weight is 234 g/mol. The number of thiazole rings is 1. The molecule has 0 spiro atoms. The van der Waals surface area contributed by atoms with Gasteiger partial charge in [-0.25, -0.2) is 9.98 Å².